The van der Waals surface area contributed by atoms with Crippen LogP contribution in [0, 0.1) is 18.3 Å². The lowest BCUT2D eigenvalue weighted by molar-refractivity contribution is 1.14. The van der Waals surface area contributed by atoms with Gasteiger partial charge in [-0.25, -0.2) is 4.98 Å². The van der Waals surface area contributed by atoms with Gasteiger partial charge < -0.3 is 5.32 Å². The summed E-state index contributed by atoms with van der Waals surface area (Å²) in [6, 6.07) is 16.1. The van der Waals surface area contributed by atoms with Crippen molar-refractivity contribution >= 4 is 26.7 Å². The summed E-state index contributed by atoms with van der Waals surface area (Å²) in [5, 5.41) is 13.1. The topological polar surface area (TPSA) is 48.7 Å². The minimum Gasteiger partial charge on any atom is -0.357 e. The van der Waals surface area contributed by atoms with E-state index in [2.05, 4.69) is 41.5 Å². The highest BCUT2D eigenvalue weighted by molar-refractivity contribution is 7.22. The molecular weight excluding hydrogens is 266 g/mol. The molecule has 0 fully saturated rings. The normalized spacial score (nSPS) is 10.4. The second-order valence-electron chi connectivity index (χ2n) is 4.66. The summed E-state index contributed by atoms with van der Waals surface area (Å²) >= 11 is 1.65. The van der Waals surface area contributed by atoms with Crippen LogP contribution in [0.1, 0.15) is 16.7 Å². The van der Waals surface area contributed by atoms with Crippen LogP contribution in [-0.2, 0) is 6.54 Å². The van der Waals surface area contributed by atoms with Gasteiger partial charge in [-0.05, 0) is 42.3 Å². The lowest BCUT2D eigenvalue weighted by atomic mass is 10.1. The number of aromatic nitrogens is 1. The SMILES string of the molecule is Cc1ccc2sc(NCc3cccc(C#N)c3)nc2c1. The molecule has 0 radical (unpaired) electrons. The molecule has 0 saturated carbocycles. The number of hydrogen-bond donors (Lipinski definition) is 1. The summed E-state index contributed by atoms with van der Waals surface area (Å²) in [6.45, 7) is 2.74. The van der Waals surface area contributed by atoms with Crippen LogP contribution in [0.5, 0.6) is 0 Å². The fourth-order valence-electron chi connectivity index (χ4n) is 2.04. The first-order chi connectivity index (χ1) is 9.74. The van der Waals surface area contributed by atoms with E-state index in [0.29, 0.717) is 12.1 Å². The van der Waals surface area contributed by atoms with Crippen molar-refractivity contribution in [3.8, 4) is 6.07 Å². The fraction of sp³-hybridized carbons (Fsp3) is 0.125. The molecule has 3 nitrogen and oxygen atoms in total. The fourth-order valence-corrected chi connectivity index (χ4v) is 2.88. The van der Waals surface area contributed by atoms with Crippen LogP contribution in [0.4, 0.5) is 5.13 Å². The van der Waals surface area contributed by atoms with Gasteiger partial charge in [-0.1, -0.05) is 29.5 Å². The molecule has 4 heteroatoms. The molecule has 0 atom stereocenters. The average Bonchev–Trinajstić information content (AvgIpc) is 2.87. The van der Waals surface area contributed by atoms with Gasteiger partial charge in [-0.2, -0.15) is 5.26 Å². The second-order valence-corrected chi connectivity index (χ2v) is 5.69. The Morgan fingerprint density at radius 1 is 1.25 bits per heavy atom. The quantitative estimate of drug-likeness (QED) is 0.785. The summed E-state index contributed by atoms with van der Waals surface area (Å²) in [6.07, 6.45) is 0. The van der Waals surface area contributed by atoms with Gasteiger partial charge in [0, 0.05) is 6.54 Å². The van der Waals surface area contributed by atoms with Crippen LogP contribution in [0.3, 0.4) is 0 Å². The van der Waals surface area contributed by atoms with Gasteiger partial charge in [-0.3, -0.25) is 0 Å². The zero-order chi connectivity index (χ0) is 13.9. The molecular formula is C16H13N3S. The molecule has 1 heterocycles. The molecule has 0 saturated heterocycles. The van der Waals surface area contributed by atoms with Gasteiger partial charge in [0.1, 0.15) is 0 Å². The molecule has 20 heavy (non-hydrogen) atoms. The zero-order valence-corrected chi connectivity index (χ0v) is 11.9. The number of hydrogen-bond acceptors (Lipinski definition) is 4. The molecule has 0 spiro atoms. The van der Waals surface area contributed by atoms with Crippen LogP contribution >= 0.6 is 11.3 Å². The molecule has 0 unspecified atom stereocenters. The number of nitriles is 1. The number of aryl methyl sites for hydroxylation is 1. The van der Waals surface area contributed by atoms with Gasteiger partial charge in [0.25, 0.3) is 0 Å². The number of benzene rings is 2. The molecule has 0 aliphatic heterocycles. The Morgan fingerprint density at radius 3 is 3.00 bits per heavy atom. The highest BCUT2D eigenvalue weighted by Gasteiger charge is 2.03. The molecule has 3 rings (SSSR count). The standard InChI is InChI=1S/C16H13N3S/c1-11-5-6-15-14(7-11)19-16(20-15)18-10-13-4-2-3-12(8-13)9-17/h2-8H,10H2,1H3,(H,18,19). The lowest BCUT2D eigenvalue weighted by Gasteiger charge is -2.02. The van der Waals surface area contributed by atoms with Crippen molar-refractivity contribution in [3.05, 3.63) is 59.2 Å². The minimum atomic E-state index is 0.675. The maximum absolute atomic E-state index is 8.89. The molecule has 0 aliphatic carbocycles. The van der Waals surface area contributed by atoms with E-state index in [1.165, 1.54) is 10.3 Å². The third-order valence-corrected chi connectivity index (χ3v) is 4.04. The first-order valence-corrected chi connectivity index (χ1v) is 7.16. The maximum Gasteiger partial charge on any atom is 0.184 e. The molecule has 0 amide bonds. The van der Waals surface area contributed by atoms with Crippen LogP contribution in [-0.4, -0.2) is 4.98 Å². The Balaban J connectivity index is 1.78. The van der Waals surface area contributed by atoms with E-state index in [-0.39, 0.29) is 0 Å². The highest BCUT2D eigenvalue weighted by Crippen LogP contribution is 2.26. The monoisotopic (exact) mass is 279 g/mol. The number of thiazole rings is 1. The third-order valence-electron chi connectivity index (χ3n) is 3.04. The van der Waals surface area contributed by atoms with Gasteiger partial charge in [0.05, 0.1) is 21.8 Å². The van der Waals surface area contributed by atoms with E-state index in [9.17, 15) is 0 Å². The summed E-state index contributed by atoms with van der Waals surface area (Å²) in [7, 11) is 0. The Kier molecular flexibility index (Phi) is 3.36. The number of rotatable bonds is 3. The summed E-state index contributed by atoms with van der Waals surface area (Å²) in [5.41, 5.74) is 4.02. The molecule has 98 valence electrons. The van der Waals surface area contributed by atoms with Crippen molar-refractivity contribution in [2.45, 2.75) is 13.5 Å². The molecule has 3 aromatic rings. The number of nitrogens with one attached hydrogen (secondary N) is 1. The van der Waals surface area contributed by atoms with Crippen molar-refractivity contribution in [2.75, 3.05) is 5.32 Å². The van der Waals surface area contributed by atoms with Gasteiger partial charge >= 0.3 is 0 Å². The number of nitrogens with zero attached hydrogens (tertiary/aromatic N) is 2. The summed E-state index contributed by atoms with van der Waals surface area (Å²) in [4.78, 5) is 4.57. The first kappa shape index (κ1) is 12.6. The van der Waals surface area contributed by atoms with E-state index in [1.54, 1.807) is 11.3 Å². The predicted molar refractivity (Wildman–Crippen MR) is 82.8 cm³/mol. The van der Waals surface area contributed by atoms with Crippen molar-refractivity contribution in [2.24, 2.45) is 0 Å². The van der Waals surface area contributed by atoms with Gasteiger partial charge in [0.15, 0.2) is 5.13 Å². The predicted octanol–water partition coefficient (Wildman–Crippen LogP) is 4.09. The van der Waals surface area contributed by atoms with Crippen LogP contribution in [0.2, 0.25) is 0 Å². The van der Waals surface area contributed by atoms with E-state index < -0.39 is 0 Å². The lowest BCUT2D eigenvalue weighted by Crippen LogP contribution is -1.98. The van der Waals surface area contributed by atoms with Crippen molar-refractivity contribution in [1.82, 2.24) is 4.98 Å². The van der Waals surface area contributed by atoms with Crippen LogP contribution in [0.25, 0.3) is 10.2 Å². The Hall–Kier alpha value is -2.38. The Labute approximate surface area is 121 Å². The summed E-state index contributed by atoms with van der Waals surface area (Å²) in [5.74, 6) is 0. The van der Waals surface area contributed by atoms with Gasteiger partial charge in [0.2, 0.25) is 0 Å². The zero-order valence-electron chi connectivity index (χ0n) is 11.1. The van der Waals surface area contributed by atoms with Crippen molar-refractivity contribution in [3.63, 3.8) is 0 Å². The summed E-state index contributed by atoms with van der Waals surface area (Å²) < 4.78 is 1.18. The van der Waals surface area contributed by atoms with Crippen molar-refractivity contribution in [1.29, 1.82) is 5.26 Å². The molecule has 2 aromatic carbocycles. The van der Waals surface area contributed by atoms with E-state index in [4.69, 9.17) is 5.26 Å². The second kappa shape index (κ2) is 5.32. The molecule has 1 N–H and O–H groups in total. The van der Waals surface area contributed by atoms with Gasteiger partial charge in [-0.15, -0.1) is 0 Å². The third kappa shape index (κ3) is 2.63. The van der Waals surface area contributed by atoms with Crippen molar-refractivity contribution < 1.29 is 0 Å². The van der Waals surface area contributed by atoms with E-state index in [0.717, 1.165) is 16.2 Å². The van der Waals surface area contributed by atoms with E-state index >= 15 is 0 Å². The average molecular weight is 279 g/mol. The number of anilines is 1. The smallest absolute Gasteiger partial charge is 0.184 e. The Morgan fingerprint density at radius 2 is 2.15 bits per heavy atom. The number of fused-ring (bicyclic) bond motifs is 1. The van der Waals surface area contributed by atoms with E-state index in [1.807, 2.05) is 24.3 Å². The van der Waals surface area contributed by atoms with Crippen LogP contribution < -0.4 is 5.32 Å². The minimum absolute atomic E-state index is 0.675. The molecule has 0 bridgehead atoms. The highest BCUT2D eigenvalue weighted by atomic mass is 32.1. The molecule has 0 aliphatic rings. The largest absolute Gasteiger partial charge is 0.357 e. The Bertz CT molecular complexity index is 799. The van der Waals surface area contributed by atoms with Crippen LogP contribution in [0.15, 0.2) is 42.5 Å². The maximum atomic E-state index is 8.89. The molecule has 1 aromatic heterocycles. The first-order valence-electron chi connectivity index (χ1n) is 6.35.